The van der Waals surface area contributed by atoms with Crippen molar-refractivity contribution >= 4 is 5.71 Å². The third-order valence-corrected chi connectivity index (χ3v) is 1.75. The van der Waals surface area contributed by atoms with Gasteiger partial charge in [0.15, 0.2) is 0 Å². The van der Waals surface area contributed by atoms with E-state index in [-0.39, 0.29) is 0 Å². The molecule has 0 N–H and O–H groups in total. The molecule has 0 bridgehead atoms. The third kappa shape index (κ3) is 1.41. The summed E-state index contributed by atoms with van der Waals surface area (Å²) in [4.78, 5) is 4.41. The summed E-state index contributed by atoms with van der Waals surface area (Å²) >= 11 is 0. The quantitative estimate of drug-likeness (QED) is 0.468. The average Bonchev–Trinajstić information content (AvgIpc) is 1.80. The molecular formula is C8H13N. The summed E-state index contributed by atoms with van der Waals surface area (Å²) in [6, 6.07) is 0.508. The molecule has 1 heteroatoms. The maximum Gasteiger partial charge on any atom is 0.0509 e. The summed E-state index contributed by atoms with van der Waals surface area (Å²) in [6.07, 6.45) is 3.37. The molecule has 1 nitrogen and oxygen atoms in total. The summed E-state index contributed by atoms with van der Waals surface area (Å²) in [5.41, 5.74) is 2.54. The van der Waals surface area contributed by atoms with Crippen LogP contribution in [-0.2, 0) is 0 Å². The highest BCUT2D eigenvalue weighted by atomic mass is 14.8. The lowest BCUT2D eigenvalue weighted by Crippen LogP contribution is -2.08. The van der Waals surface area contributed by atoms with Crippen LogP contribution in [0.25, 0.3) is 0 Å². The second kappa shape index (κ2) is 2.34. The Morgan fingerprint density at radius 3 is 2.67 bits per heavy atom. The first-order chi connectivity index (χ1) is 4.20. The third-order valence-electron chi connectivity index (χ3n) is 1.75. The summed E-state index contributed by atoms with van der Waals surface area (Å²) in [5, 5.41) is 0. The topological polar surface area (TPSA) is 12.4 Å². The minimum Gasteiger partial charge on any atom is -0.286 e. The van der Waals surface area contributed by atoms with Crippen LogP contribution in [-0.4, -0.2) is 11.8 Å². The van der Waals surface area contributed by atoms with Crippen LogP contribution in [0.4, 0.5) is 0 Å². The first-order valence-corrected chi connectivity index (χ1v) is 3.41. The predicted molar refractivity (Wildman–Crippen MR) is 40.9 cm³/mol. The minimum atomic E-state index is 0.508. The fourth-order valence-electron chi connectivity index (χ4n) is 0.980. The zero-order valence-corrected chi connectivity index (χ0v) is 6.31. The van der Waals surface area contributed by atoms with Gasteiger partial charge in [-0.05, 0) is 32.8 Å². The number of hydrogen-bond acceptors (Lipinski definition) is 1. The van der Waals surface area contributed by atoms with E-state index in [0.29, 0.717) is 6.04 Å². The van der Waals surface area contributed by atoms with Crippen molar-refractivity contribution in [3.8, 4) is 0 Å². The van der Waals surface area contributed by atoms with E-state index in [1.807, 2.05) is 0 Å². The summed E-state index contributed by atoms with van der Waals surface area (Å²) in [6.45, 7) is 6.33. The van der Waals surface area contributed by atoms with Crippen LogP contribution in [0.2, 0.25) is 0 Å². The van der Waals surface area contributed by atoms with E-state index in [2.05, 4.69) is 31.8 Å². The summed E-state index contributed by atoms with van der Waals surface area (Å²) in [5.74, 6) is 0. The van der Waals surface area contributed by atoms with Gasteiger partial charge in [-0.1, -0.05) is 6.08 Å². The second-order valence-electron chi connectivity index (χ2n) is 2.69. The zero-order valence-electron chi connectivity index (χ0n) is 6.31. The van der Waals surface area contributed by atoms with Crippen molar-refractivity contribution < 1.29 is 0 Å². The zero-order chi connectivity index (χ0) is 6.85. The van der Waals surface area contributed by atoms with Gasteiger partial charge in [-0.15, -0.1) is 0 Å². The molecule has 0 saturated heterocycles. The first-order valence-electron chi connectivity index (χ1n) is 3.41. The number of hydrogen-bond donors (Lipinski definition) is 0. The number of rotatable bonds is 0. The SMILES string of the molecule is CC1=CC[C@@H](C)N=C1C. The second-order valence-corrected chi connectivity index (χ2v) is 2.69. The van der Waals surface area contributed by atoms with Crippen LogP contribution in [0.3, 0.4) is 0 Å². The smallest absolute Gasteiger partial charge is 0.0509 e. The molecule has 50 valence electrons. The van der Waals surface area contributed by atoms with E-state index in [4.69, 9.17) is 0 Å². The summed E-state index contributed by atoms with van der Waals surface area (Å²) in [7, 11) is 0. The maximum absolute atomic E-state index is 4.41. The molecule has 0 radical (unpaired) electrons. The first kappa shape index (κ1) is 6.53. The van der Waals surface area contributed by atoms with Crippen LogP contribution >= 0.6 is 0 Å². The van der Waals surface area contributed by atoms with Gasteiger partial charge in [0.05, 0.1) is 6.04 Å². The molecule has 0 unspecified atom stereocenters. The molecule has 0 aliphatic carbocycles. The van der Waals surface area contributed by atoms with Crippen LogP contribution in [0, 0.1) is 0 Å². The Hall–Kier alpha value is -0.590. The number of aliphatic imine (C=N–C) groups is 1. The van der Waals surface area contributed by atoms with Crippen molar-refractivity contribution in [3.05, 3.63) is 11.6 Å². The van der Waals surface area contributed by atoms with Gasteiger partial charge < -0.3 is 0 Å². The lowest BCUT2D eigenvalue weighted by Gasteiger charge is -2.12. The molecule has 0 spiro atoms. The fourth-order valence-corrected chi connectivity index (χ4v) is 0.980. The van der Waals surface area contributed by atoms with Crippen LogP contribution in [0.15, 0.2) is 16.6 Å². The Morgan fingerprint density at radius 1 is 1.56 bits per heavy atom. The van der Waals surface area contributed by atoms with Gasteiger partial charge in [0.2, 0.25) is 0 Å². The molecule has 0 aromatic carbocycles. The Labute approximate surface area is 56.5 Å². The van der Waals surface area contributed by atoms with E-state index >= 15 is 0 Å². The van der Waals surface area contributed by atoms with Crippen LogP contribution in [0.1, 0.15) is 27.2 Å². The average molecular weight is 123 g/mol. The van der Waals surface area contributed by atoms with E-state index in [0.717, 1.165) is 6.42 Å². The monoisotopic (exact) mass is 123 g/mol. The van der Waals surface area contributed by atoms with Crippen molar-refractivity contribution in [2.75, 3.05) is 0 Å². The van der Waals surface area contributed by atoms with Crippen LogP contribution in [0.5, 0.6) is 0 Å². The normalized spacial score (nSPS) is 27.2. The van der Waals surface area contributed by atoms with Gasteiger partial charge in [-0.3, -0.25) is 4.99 Å². The molecule has 9 heavy (non-hydrogen) atoms. The fraction of sp³-hybridized carbons (Fsp3) is 0.625. The lowest BCUT2D eigenvalue weighted by molar-refractivity contribution is 0.746. The van der Waals surface area contributed by atoms with E-state index in [1.54, 1.807) is 0 Å². The standard InChI is InChI=1S/C8H13N/c1-6-4-5-7(2)9-8(6)3/h4,7H,5H2,1-3H3/t7-/m1/s1. The summed E-state index contributed by atoms with van der Waals surface area (Å²) < 4.78 is 0. The predicted octanol–water partition coefficient (Wildman–Crippen LogP) is 2.19. The molecule has 1 aliphatic rings. The van der Waals surface area contributed by atoms with Gasteiger partial charge >= 0.3 is 0 Å². The van der Waals surface area contributed by atoms with Crippen molar-refractivity contribution in [1.82, 2.24) is 0 Å². The van der Waals surface area contributed by atoms with E-state index in [9.17, 15) is 0 Å². The van der Waals surface area contributed by atoms with Gasteiger partial charge in [0.1, 0.15) is 0 Å². The molecular weight excluding hydrogens is 110 g/mol. The Bertz CT molecular complexity index is 165. The number of allylic oxidation sites excluding steroid dienone is 1. The molecule has 0 aromatic heterocycles. The van der Waals surface area contributed by atoms with Gasteiger partial charge in [0, 0.05) is 5.71 Å². The van der Waals surface area contributed by atoms with Gasteiger partial charge in [0.25, 0.3) is 0 Å². The highest BCUT2D eigenvalue weighted by molar-refractivity contribution is 5.98. The lowest BCUT2D eigenvalue weighted by atomic mass is 10.1. The maximum atomic E-state index is 4.41. The molecule has 1 rings (SSSR count). The molecule has 0 aromatic rings. The molecule has 1 atom stereocenters. The highest BCUT2D eigenvalue weighted by Crippen LogP contribution is 2.11. The Balaban J connectivity index is 2.75. The molecule has 0 fully saturated rings. The largest absolute Gasteiger partial charge is 0.286 e. The number of nitrogens with zero attached hydrogens (tertiary/aromatic N) is 1. The van der Waals surface area contributed by atoms with Gasteiger partial charge in [-0.25, -0.2) is 0 Å². The Kier molecular flexibility index (Phi) is 1.70. The van der Waals surface area contributed by atoms with Crippen LogP contribution < -0.4 is 0 Å². The molecule has 1 aliphatic heterocycles. The molecule has 1 heterocycles. The van der Waals surface area contributed by atoms with Crippen molar-refractivity contribution in [3.63, 3.8) is 0 Å². The van der Waals surface area contributed by atoms with Crippen molar-refractivity contribution in [1.29, 1.82) is 0 Å². The van der Waals surface area contributed by atoms with Gasteiger partial charge in [-0.2, -0.15) is 0 Å². The van der Waals surface area contributed by atoms with Crippen molar-refractivity contribution in [2.24, 2.45) is 4.99 Å². The van der Waals surface area contributed by atoms with E-state index in [1.165, 1.54) is 11.3 Å². The number of dihydropyridines is 1. The molecule has 0 amide bonds. The van der Waals surface area contributed by atoms with E-state index < -0.39 is 0 Å². The molecule has 0 saturated carbocycles. The Morgan fingerprint density at radius 2 is 2.22 bits per heavy atom. The van der Waals surface area contributed by atoms with Crippen molar-refractivity contribution in [2.45, 2.75) is 33.2 Å². The minimum absolute atomic E-state index is 0.508. The highest BCUT2D eigenvalue weighted by Gasteiger charge is 2.05.